The summed E-state index contributed by atoms with van der Waals surface area (Å²) in [4.78, 5) is 4.37. The molecule has 0 amide bonds. The van der Waals surface area contributed by atoms with Crippen LogP contribution in [-0.4, -0.2) is 35.0 Å². The highest BCUT2D eigenvalue weighted by Crippen LogP contribution is 2.22. The van der Waals surface area contributed by atoms with Crippen LogP contribution in [0.15, 0.2) is 30.9 Å². The summed E-state index contributed by atoms with van der Waals surface area (Å²) >= 11 is 0. The molecule has 0 aliphatic heterocycles. The zero-order valence-electron chi connectivity index (χ0n) is 17.1. The van der Waals surface area contributed by atoms with E-state index in [0.717, 1.165) is 48.4 Å². The predicted octanol–water partition coefficient (Wildman–Crippen LogP) is 4.76. The fourth-order valence-electron chi connectivity index (χ4n) is 3.20. The summed E-state index contributed by atoms with van der Waals surface area (Å²) in [6.45, 7) is 6.26. The van der Waals surface area contributed by atoms with Gasteiger partial charge in [0.1, 0.15) is 11.4 Å². The van der Waals surface area contributed by atoms with E-state index in [1.807, 2.05) is 34.2 Å². The molecular formula is C21H31N7. The molecular weight excluding hydrogens is 350 g/mol. The quantitative estimate of drug-likeness (QED) is 0.423. The van der Waals surface area contributed by atoms with Gasteiger partial charge in [0.05, 0.1) is 12.4 Å². The van der Waals surface area contributed by atoms with E-state index in [1.165, 1.54) is 38.5 Å². The van der Waals surface area contributed by atoms with Crippen LogP contribution in [0.25, 0.3) is 22.5 Å². The maximum absolute atomic E-state index is 4.37. The molecule has 0 unspecified atom stereocenters. The van der Waals surface area contributed by atoms with Crippen molar-refractivity contribution in [3.63, 3.8) is 0 Å². The summed E-state index contributed by atoms with van der Waals surface area (Å²) < 4.78 is 3.84. The van der Waals surface area contributed by atoms with Gasteiger partial charge in [0, 0.05) is 36.6 Å². The number of hydrogen-bond acceptors (Lipinski definition) is 5. The number of nitrogens with zero attached hydrogens (tertiary/aromatic N) is 7. The minimum atomic E-state index is 0.844. The molecule has 0 saturated carbocycles. The molecule has 0 fully saturated rings. The number of aryl methyl sites for hydroxylation is 2. The molecule has 0 aromatic carbocycles. The van der Waals surface area contributed by atoms with Crippen LogP contribution in [-0.2, 0) is 13.1 Å². The molecule has 0 radical (unpaired) electrons. The minimum Gasteiger partial charge on any atom is -0.263 e. The van der Waals surface area contributed by atoms with Crippen molar-refractivity contribution in [3.8, 4) is 22.5 Å². The first-order valence-electron chi connectivity index (χ1n) is 10.6. The lowest BCUT2D eigenvalue weighted by molar-refractivity contribution is 0.527. The van der Waals surface area contributed by atoms with Gasteiger partial charge in [0.25, 0.3) is 0 Å². The molecule has 28 heavy (non-hydrogen) atoms. The zero-order valence-corrected chi connectivity index (χ0v) is 17.1. The van der Waals surface area contributed by atoms with E-state index in [9.17, 15) is 0 Å². The fourth-order valence-corrected chi connectivity index (χ4v) is 3.20. The van der Waals surface area contributed by atoms with Crippen molar-refractivity contribution >= 4 is 0 Å². The Hall–Kier alpha value is -2.57. The van der Waals surface area contributed by atoms with Crippen molar-refractivity contribution < 1.29 is 0 Å². The van der Waals surface area contributed by atoms with Crippen LogP contribution < -0.4 is 0 Å². The number of aromatic nitrogens is 7. The van der Waals surface area contributed by atoms with Gasteiger partial charge in [-0.3, -0.25) is 14.3 Å². The van der Waals surface area contributed by atoms with Crippen molar-refractivity contribution in [2.24, 2.45) is 0 Å². The Morgan fingerprint density at radius 2 is 1.18 bits per heavy atom. The fraction of sp³-hybridized carbons (Fsp3) is 0.571. The molecule has 150 valence electrons. The van der Waals surface area contributed by atoms with Crippen molar-refractivity contribution in [1.29, 1.82) is 0 Å². The predicted molar refractivity (Wildman–Crippen MR) is 111 cm³/mol. The molecule has 0 aliphatic rings. The van der Waals surface area contributed by atoms with Gasteiger partial charge in [-0.05, 0) is 18.9 Å². The van der Waals surface area contributed by atoms with Crippen molar-refractivity contribution in [2.75, 3.05) is 0 Å². The molecule has 3 rings (SSSR count). The van der Waals surface area contributed by atoms with Gasteiger partial charge in [-0.25, -0.2) is 0 Å². The lowest BCUT2D eigenvalue weighted by Gasteiger charge is -2.00. The van der Waals surface area contributed by atoms with E-state index in [4.69, 9.17) is 0 Å². The van der Waals surface area contributed by atoms with Crippen LogP contribution in [0.1, 0.15) is 65.2 Å². The summed E-state index contributed by atoms with van der Waals surface area (Å²) in [6, 6.07) is 2.06. The zero-order chi connectivity index (χ0) is 19.6. The van der Waals surface area contributed by atoms with Crippen LogP contribution >= 0.6 is 0 Å². The van der Waals surface area contributed by atoms with Crippen LogP contribution in [0.5, 0.6) is 0 Å². The lowest BCUT2D eigenvalue weighted by atomic mass is 10.1. The second kappa shape index (κ2) is 10.7. The Balaban J connectivity index is 1.63. The molecule has 3 aromatic rings. The smallest absolute Gasteiger partial charge is 0.114 e. The van der Waals surface area contributed by atoms with Gasteiger partial charge in [-0.15, -0.1) is 10.2 Å². The van der Waals surface area contributed by atoms with Crippen LogP contribution in [0, 0.1) is 0 Å². The van der Waals surface area contributed by atoms with Gasteiger partial charge >= 0.3 is 0 Å². The van der Waals surface area contributed by atoms with Crippen molar-refractivity contribution in [3.05, 3.63) is 30.9 Å². The van der Waals surface area contributed by atoms with E-state index in [0.29, 0.717) is 0 Å². The second-order valence-electron chi connectivity index (χ2n) is 7.32. The first-order chi connectivity index (χ1) is 13.8. The molecule has 0 saturated heterocycles. The number of unbranched alkanes of at least 4 members (excludes halogenated alkanes) is 6. The summed E-state index contributed by atoms with van der Waals surface area (Å²) in [5.41, 5.74) is 3.60. The van der Waals surface area contributed by atoms with Gasteiger partial charge in [-0.2, -0.15) is 0 Å². The Morgan fingerprint density at radius 3 is 1.64 bits per heavy atom. The summed E-state index contributed by atoms with van der Waals surface area (Å²) in [5, 5.41) is 17.1. The van der Waals surface area contributed by atoms with E-state index in [2.05, 4.69) is 45.5 Å². The molecule has 7 heteroatoms. The van der Waals surface area contributed by atoms with E-state index in [1.54, 1.807) is 0 Å². The van der Waals surface area contributed by atoms with Gasteiger partial charge in [0.15, 0.2) is 0 Å². The maximum Gasteiger partial charge on any atom is 0.114 e. The van der Waals surface area contributed by atoms with Crippen LogP contribution in [0.3, 0.4) is 0 Å². The molecule has 0 spiro atoms. The van der Waals surface area contributed by atoms with Crippen molar-refractivity contribution in [1.82, 2.24) is 35.0 Å². The normalized spacial score (nSPS) is 11.2. The molecule has 0 bridgehead atoms. The Kier molecular flexibility index (Phi) is 7.70. The highest BCUT2D eigenvalue weighted by atomic mass is 15.4. The monoisotopic (exact) mass is 381 g/mol. The number of pyridine rings is 1. The maximum atomic E-state index is 4.37. The van der Waals surface area contributed by atoms with E-state index in [-0.39, 0.29) is 0 Å². The van der Waals surface area contributed by atoms with Gasteiger partial charge < -0.3 is 0 Å². The largest absolute Gasteiger partial charge is 0.263 e. The standard InChI is InChI=1S/C21H31N7/c1-3-5-7-9-11-27-16-20(23-25-27)18-13-19(15-22-14-18)21-17-28(26-24-21)12-10-8-6-4-2/h13-17H,3-12H2,1-2H3. The molecule has 0 aliphatic carbocycles. The van der Waals surface area contributed by atoms with Crippen molar-refractivity contribution in [2.45, 2.75) is 78.3 Å². The highest BCUT2D eigenvalue weighted by Gasteiger charge is 2.09. The Labute approximate surface area is 167 Å². The number of hydrogen-bond donors (Lipinski definition) is 0. The average molecular weight is 382 g/mol. The Bertz CT molecular complexity index is 771. The second-order valence-corrected chi connectivity index (χ2v) is 7.32. The molecule has 3 aromatic heterocycles. The van der Waals surface area contributed by atoms with Crippen LogP contribution in [0.2, 0.25) is 0 Å². The summed E-state index contributed by atoms with van der Waals surface area (Å²) in [5.74, 6) is 0. The third-order valence-corrected chi connectivity index (χ3v) is 4.89. The molecule has 7 nitrogen and oxygen atoms in total. The lowest BCUT2D eigenvalue weighted by Crippen LogP contribution is -1.98. The van der Waals surface area contributed by atoms with E-state index < -0.39 is 0 Å². The first kappa shape index (κ1) is 20.2. The first-order valence-corrected chi connectivity index (χ1v) is 10.6. The molecule has 0 atom stereocenters. The topological polar surface area (TPSA) is 74.3 Å². The van der Waals surface area contributed by atoms with E-state index >= 15 is 0 Å². The third kappa shape index (κ3) is 5.71. The summed E-state index contributed by atoms with van der Waals surface area (Å²) in [6.07, 6.45) is 17.4. The molecule has 0 N–H and O–H groups in total. The summed E-state index contributed by atoms with van der Waals surface area (Å²) in [7, 11) is 0. The van der Waals surface area contributed by atoms with Gasteiger partial charge in [0.2, 0.25) is 0 Å². The Morgan fingerprint density at radius 1 is 0.679 bits per heavy atom. The third-order valence-electron chi connectivity index (χ3n) is 4.89. The number of rotatable bonds is 12. The highest BCUT2D eigenvalue weighted by molar-refractivity contribution is 5.66. The van der Waals surface area contributed by atoms with Gasteiger partial charge in [-0.1, -0.05) is 62.8 Å². The average Bonchev–Trinajstić information content (AvgIpc) is 3.39. The molecule has 3 heterocycles. The van der Waals surface area contributed by atoms with Crippen LogP contribution in [0.4, 0.5) is 0 Å². The minimum absolute atomic E-state index is 0.844. The SMILES string of the molecule is CCCCCCn1cc(-c2cncc(-c3cn(CCCCCC)nn3)c2)nn1.